The first kappa shape index (κ1) is 27.5. The third-order valence-electron chi connectivity index (χ3n) is 6.85. The monoisotopic (exact) mass is 521 g/mol. The minimum atomic E-state index is -0.973. The van der Waals surface area contributed by atoms with E-state index in [-0.39, 0.29) is 37.2 Å². The van der Waals surface area contributed by atoms with Crippen molar-refractivity contribution in [1.29, 1.82) is 0 Å². The lowest BCUT2D eigenvalue weighted by molar-refractivity contribution is -0.161. The fourth-order valence-corrected chi connectivity index (χ4v) is 4.66. The minimum Gasteiger partial charge on any atom is -0.459 e. The molecule has 202 valence electrons. The Morgan fingerprint density at radius 2 is 1.79 bits per heavy atom. The molecule has 0 radical (unpaired) electrons. The van der Waals surface area contributed by atoms with Gasteiger partial charge in [-0.25, -0.2) is 0 Å². The SMILES string of the molecule is CC(C)(C)OC(=O)C(C)(C)NCc1ccc(C(O)c2cccc3c2CN(C2CCC(=O)NC2=O)C3=O)cc1. The lowest BCUT2D eigenvalue weighted by Crippen LogP contribution is -2.52. The number of nitrogens with zero attached hydrogens (tertiary/aromatic N) is 1. The first-order valence-corrected chi connectivity index (χ1v) is 12.8. The van der Waals surface area contributed by atoms with E-state index in [0.717, 1.165) is 5.56 Å². The quantitative estimate of drug-likeness (QED) is 0.378. The Balaban J connectivity index is 1.46. The number of piperidine rings is 1. The molecule has 38 heavy (non-hydrogen) atoms. The summed E-state index contributed by atoms with van der Waals surface area (Å²) in [6.45, 7) is 9.65. The third-order valence-corrected chi connectivity index (χ3v) is 6.85. The van der Waals surface area contributed by atoms with Gasteiger partial charge in [-0.15, -0.1) is 0 Å². The van der Waals surface area contributed by atoms with E-state index in [1.54, 1.807) is 32.0 Å². The van der Waals surface area contributed by atoms with Crippen LogP contribution in [-0.2, 0) is 32.2 Å². The number of carbonyl (C=O) groups is 4. The number of hydrogen-bond donors (Lipinski definition) is 3. The second-order valence-corrected chi connectivity index (χ2v) is 11.4. The van der Waals surface area contributed by atoms with Crippen LogP contribution in [0.25, 0.3) is 0 Å². The van der Waals surface area contributed by atoms with E-state index < -0.39 is 29.2 Å². The van der Waals surface area contributed by atoms with Crippen LogP contribution in [0.2, 0.25) is 0 Å². The third kappa shape index (κ3) is 5.79. The summed E-state index contributed by atoms with van der Waals surface area (Å²) in [5.41, 5.74) is 1.86. The van der Waals surface area contributed by atoms with Crippen LogP contribution in [0.15, 0.2) is 42.5 Å². The fourth-order valence-electron chi connectivity index (χ4n) is 4.66. The maximum Gasteiger partial charge on any atom is 0.326 e. The van der Waals surface area contributed by atoms with Crippen molar-refractivity contribution in [3.63, 3.8) is 0 Å². The van der Waals surface area contributed by atoms with Crippen molar-refractivity contribution in [1.82, 2.24) is 15.5 Å². The number of ether oxygens (including phenoxy) is 1. The van der Waals surface area contributed by atoms with E-state index in [1.807, 2.05) is 45.0 Å². The number of fused-ring (bicyclic) bond motifs is 1. The Labute approximate surface area is 222 Å². The number of rotatable bonds is 7. The summed E-state index contributed by atoms with van der Waals surface area (Å²) in [5.74, 6) is -1.42. The van der Waals surface area contributed by atoms with Crippen LogP contribution in [0.5, 0.6) is 0 Å². The summed E-state index contributed by atoms with van der Waals surface area (Å²) < 4.78 is 5.49. The van der Waals surface area contributed by atoms with E-state index in [4.69, 9.17) is 4.74 Å². The first-order valence-electron chi connectivity index (χ1n) is 12.8. The largest absolute Gasteiger partial charge is 0.459 e. The highest BCUT2D eigenvalue weighted by Gasteiger charge is 2.40. The van der Waals surface area contributed by atoms with E-state index >= 15 is 0 Å². The number of aliphatic hydroxyl groups excluding tert-OH is 1. The normalized spacial score (nSPS) is 18.7. The predicted octanol–water partition coefficient (Wildman–Crippen LogP) is 2.74. The van der Waals surface area contributed by atoms with Crippen molar-refractivity contribution >= 4 is 23.7 Å². The van der Waals surface area contributed by atoms with Crippen LogP contribution in [0, 0.1) is 0 Å². The van der Waals surface area contributed by atoms with E-state index in [0.29, 0.717) is 28.8 Å². The topological polar surface area (TPSA) is 125 Å². The molecule has 0 aromatic heterocycles. The fraction of sp³-hybridized carbons (Fsp3) is 0.448. The van der Waals surface area contributed by atoms with Crippen molar-refractivity contribution in [2.75, 3.05) is 0 Å². The lowest BCUT2D eigenvalue weighted by atomic mass is 9.94. The molecule has 4 rings (SSSR count). The Kier molecular flexibility index (Phi) is 7.45. The number of benzene rings is 2. The first-order chi connectivity index (χ1) is 17.8. The smallest absolute Gasteiger partial charge is 0.326 e. The number of esters is 1. The second kappa shape index (κ2) is 10.3. The molecule has 2 aromatic carbocycles. The molecule has 1 saturated heterocycles. The molecular formula is C29H35N3O6. The Morgan fingerprint density at radius 1 is 1.11 bits per heavy atom. The Hall–Kier alpha value is -3.56. The van der Waals surface area contributed by atoms with Gasteiger partial charge in [0.1, 0.15) is 23.3 Å². The Morgan fingerprint density at radius 3 is 2.42 bits per heavy atom. The maximum absolute atomic E-state index is 13.1. The van der Waals surface area contributed by atoms with E-state index in [9.17, 15) is 24.3 Å². The summed E-state index contributed by atoms with van der Waals surface area (Å²) in [6, 6.07) is 11.9. The molecule has 3 N–H and O–H groups in total. The van der Waals surface area contributed by atoms with Crippen molar-refractivity contribution in [3.05, 3.63) is 70.3 Å². The predicted molar refractivity (Wildman–Crippen MR) is 140 cm³/mol. The van der Waals surface area contributed by atoms with Gasteiger partial charge in [0, 0.05) is 25.1 Å². The molecule has 2 unspecified atom stereocenters. The van der Waals surface area contributed by atoms with Crippen LogP contribution < -0.4 is 10.6 Å². The zero-order valence-electron chi connectivity index (χ0n) is 22.5. The van der Waals surface area contributed by atoms with Gasteiger partial charge in [0.25, 0.3) is 5.91 Å². The molecule has 2 aliphatic heterocycles. The molecule has 0 bridgehead atoms. The minimum absolute atomic E-state index is 0.183. The summed E-state index contributed by atoms with van der Waals surface area (Å²) in [5, 5.41) is 16.8. The van der Waals surface area contributed by atoms with Crippen LogP contribution in [-0.4, -0.2) is 50.9 Å². The molecule has 1 fully saturated rings. The molecule has 2 atom stereocenters. The molecule has 2 heterocycles. The summed E-state index contributed by atoms with van der Waals surface area (Å²) >= 11 is 0. The standard InChI is InChI=1S/C29H35N3O6/c1-28(2,3)38-27(37)29(4,5)30-15-17-9-11-18(12-10-17)24(34)19-7-6-8-20-21(19)16-32(26(20)36)22-13-14-23(33)31-25(22)35/h6-12,22,24,30,34H,13-16H2,1-5H3,(H,31,33,35). The Bertz CT molecular complexity index is 1260. The maximum atomic E-state index is 13.1. The number of imide groups is 1. The van der Waals surface area contributed by atoms with Crippen LogP contribution in [0.1, 0.15) is 86.2 Å². The molecule has 0 saturated carbocycles. The summed E-state index contributed by atoms with van der Waals surface area (Å²) in [7, 11) is 0. The van der Waals surface area contributed by atoms with Crippen molar-refractivity contribution < 1.29 is 29.0 Å². The molecule has 9 heteroatoms. The number of nitrogens with one attached hydrogen (secondary N) is 2. The highest BCUT2D eigenvalue weighted by atomic mass is 16.6. The van der Waals surface area contributed by atoms with Gasteiger partial charge in [-0.1, -0.05) is 36.4 Å². The van der Waals surface area contributed by atoms with Gasteiger partial charge in [-0.3, -0.25) is 29.8 Å². The highest BCUT2D eigenvalue weighted by molar-refractivity contribution is 6.05. The van der Waals surface area contributed by atoms with E-state index in [1.165, 1.54) is 4.90 Å². The molecule has 2 aromatic rings. The number of carbonyl (C=O) groups excluding carboxylic acids is 4. The lowest BCUT2D eigenvalue weighted by Gasteiger charge is -2.29. The molecule has 0 spiro atoms. The van der Waals surface area contributed by atoms with Gasteiger partial charge in [0.15, 0.2) is 0 Å². The summed E-state index contributed by atoms with van der Waals surface area (Å²) in [4.78, 5) is 51.0. The average molecular weight is 522 g/mol. The zero-order valence-corrected chi connectivity index (χ0v) is 22.5. The van der Waals surface area contributed by atoms with Crippen LogP contribution in [0.4, 0.5) is 0 Å². The zero-order chi connectivity index (χ0) is 27.8. The number of amides is 3. The van der Waals surface area contributed by atoms with Crippen molar-refractivity contribution in [2.24, 2.45) is 0 Å². The molecular weight excluding hydrogens is 486 g/mol. The molecule has 2 aliphatic rings. The molecule has 9 nitrogen and oxygen atoms in total. The van der Waals surface area contributed by atoms with Crippen LogP contribution in [0.3, 0.4) is 0 Å². The van der Waals surface area contributed by atoms with Gasteiger partial charge in [0.2, 0.25) is 11.8 Å². The number of aliphatic hydroxyl groups is 1. The van der Waals surface area contributed by atoms with E-state index in [2.05, 4.69) is 10.6 Å². The van der Waals surface area contributed by atoms with Crippen LogP contribution >= 0.6 is 0 Å². The number of hydrogen-bond acceptors (Lipinski definition) is 7. The van der Waals surface area contributed by atoms with Gasteiger partial charge in [0.05, 0.1) is 0 Å². The molecule has 3 amide bonds. The van der Waals surface area contributed by atoms with Gasteiger partial charge in [-0.05, 0) is 69.4 Å². The van der Waals surface area contributed by atoms with Gasteiger partial charge >= 0.3 is 5.97 Å². The summed E-state index contributed by atoms with van der Waals surface area (Å²) in [6.07, 6.45) is -0.510. The van der Waals surface area contributed by atoms with Crippen molar-refractivity contribution in [2.45, 2.75) is 83.8 Å². The van der Waals surface area contributed by atoms with Gasteiger partial charge in [-0.2, -0.15) is 0 Å². The highest BCUT2D eigenvalue weighted by Crippen LogP contribution is 2.34. The average Bonchev–Trinajstić information content (AvgIpc) is 3.18. The van der Waals surface area contributed by atoms with Gasteiger partial charge < -0.3 is 14.7 Å². The second-order valence-electron chi connectivity index (χ2n) is 11.4. The molecule has 0 aliphatic carbocycles. The van der Waals surface area contributed by atoms with Crippen molar-refractivity contribution in [3.8, 4) is 0 Å².